The fourth-order valence-corrected chi connectivity index (χ4v) is 3.03. The second-order valence-corrected chi connectivity index (χ2v) is 6.15. The lowest BCUT2D eigenvalue weighted by Crippen LogP contribution is -3.19. The van der Waals surface area contributed by atoms with Gasteiger partial charge in [-0.2, -0.15) is 0 Å². The van der Waals surface area contributed by atoms with E-state index in [1.54, 1.807) is 0 Å². The highest BCUT2D eigenvalue weighted by Gasteiger charge is 2.36. The lowest BCUT2D eigenvalue weighted by molar-refractivity contribution is -0.950. The topological polar surface area (TPSA) is 4.44 Å². The minimum Gasteiger partial charge on any atom is -0.330 e. The standard InChI is InChI=1S/C12H23N/c1-12(2,3)13-8-10-4-5-11(9-13)7-6-10/h10-11H,4-9H2,1-3H3/p+1. The largest absolute Gasteiger partial charge is 0.330 e. The van der Waals surface area contributed by atoms with Gasteiger partial charge >= 0.3 is 0 Å². The molecule has 1 N–H and O–H groups in total. The van der Waals surface area contributed by atoms with Crippen LogP contribution in [0.2, 0.25) is 0 Å². The van der Waals surface area contributed by atoms with E-state index in [1.807, 2.05) is 4.90 Å². The van der Waals surface area contributed by atoms with Crippen LogP contribution in [0.25, 0.3) is 0 Å². The molecule has 1 aliphatic carbocycles. The predicted molar refractivity (Wildman–Crippen MR) is 55.9 cm³/mol. The summed E-state index contributed by atoms with van der Waals surface area (Å²) in [5, 5.41) is 0. The number of hydrogen-bond acceptors (Lipinski definition) is 0. The highest BCUT2D eigenvalue weighted by Crippen LogP contribution is 2.29. The van der Waals surface area contributed by atoms with Gasteiger partial charge in [0.15, 0.2) is 0 Å². The summed E-state index contributed by atoms with van der Waals surface area (Å²) in [6, 6.07) is 0. The lowest BCUT2D eigenvalue weighted by atomic mass is 9.84. The molecule has 0 unspecified atom stereocenters. The SMILES string of the molecule is CC(C)(C)[NH+]1CC2CCC(CC2)C1. The summed E-state index contributed by atoms with van der Waals surface area (Å²) in [5.41, 5.74) is 0.477. The Morgan fingerprint density at radius 1 is 0.846 bits per heavy atom. The van der Waals surface area contributed by atoms with Crippen molar-refractivity contribution in [2.45, 2.75) is 52.0 Å². The van der Waals surface area contributed by atoms with Crippen LogP contribution in [0, 0.1) is 11.8 Å². The van der Waals surface area contributed by atoms with E-state index in [0.29, 0.717) is 5.54 Å². The number of nitrogens with one attached hydrogen (secondary N) is 1. The molecule has 0 aromatic heterocycles. The fourth-order valence-electron chi connectivity index (χ4n) is 3.03. The first-order chi connectivity index (χ1) is 6.05. The second-order valence-electron chi connectivity index (χ2n) is 6.15. The zero-order valence-electron chi connectivity index (χ0n) is 9.40. The van der Waals surface area contributed by atoms with E-state index in [0.717, 1.165) is 11.8 Å². The van der Waals surface area contributed by atoms with Crippen LogP contribution in [0.3, 0.4) is 0 Å². The van der Waals surface area contributed by atoms with Crippen molar-refractivity contribution in [2.75, 3.05) is 13.1 Å². The number of rotatable bonds is 0. The fraction of sp³-hybridized carbons (Fsp3) is 1.00. The maximum atomic E-state index is 2.40. The normalized spacial score (nSPS) is 40.4. The lowest BCUT2D eigenvalue weighted by Gasteiger charge is -2.32. The van der Waals surface area contributed by atoms with Gasteiger partial charge in [-0.15, -0.1) is 0 Å². The first-order valence-corrected chi connectivity index (χ1v) is 5.91. The van der Waals surface area contributed by atoms with E-state index in [9.17, 15) is 0 Å². The maximum Gasteiger partial charge on any atom is 0.0891 e. The average molecular weight is 182 g/mol. The third kappa shape index (κ3) is 2.07. The van der Waals surface area contributed by atoms with E-state index in [4.69, 9.17) is 0 Å². The summed E-state index contributed by atoms with van der Waals surface area (Å²) in [7, 11) is 0. The molecule has 0 aromatic rings. The number of quaternary nitrogens is 1. The first kappa shape index (κ1) is 9.51. The summed E-state index contributed by atoms with van der Waals surface area (Å²) in [6.45, 7) is 10.1. The van der Waals surface area contributed by atoms with Gasteiger partial charge in [-0.25, -0.2) is 0 Å². The highest BCUT2D eigenvalue weighted by molar-refractivity contribution is 4.76. The van der Waals surface area contributed by atoms with Gasteiger partial charge in [0.25, 0.3) is 0 Å². The molecule has 76 valence electrons. The van der Waals surface area contributed by atoms with Crippen LogP contribution in [-0.4, -0.2) is 18.6 Å². The molecule has 0 radical (unpaired) electrons. The molecule has 2 saturated heterocycles. The van der Waals surface area contributed by atoms with E-state index in [2.05, 4.69) is 20.8 Å². The van der Waals surface area contributed by atoms with Crippen molar-refractivity contribution in [3.05, 3.63) is 0 Å². The molecule has 2 heterocycles. The third-order valence-corrected chi connectivity index (χ3v) is 4.10. The van der Waals surface area contributed by atoms with Crippen molar-refractivity contribution in [3.63, 3.8) is 0 Å². The van der Waals surface area contributed by atoms with Gasteiger partial charge in [-0.1, -0.05) is 0 Å². The molecule has 3 aliphatic rings. The first-order valence-electron chi connectivity index (χ1n) is 5.91. The number of hydrogen-bond donors (Lipinski definition) is 1. The molecular formula is C12H24N+. The molecule has 13 heavy (non-hydrogen) atoms. The summed E-state index contributed by atoms with van der Waals surface area (Å²) >= 11 is 0. The van der Waals surface area contributed by atoms with Crippen LogP contribution in [-0.2, 0) is 0 Å². The second kappa shape index (κ2) is 3.27. The van der Waals surface area contributed by atoms with Gasteiger partial charge < -0.3 is 4.90 Å². The molecule has 1 heteroatoms. The van der Waals surface area contributed by atoms with Gasteiger partial charge in [-0.05, 0) is 46.5 Å². The quantitative estimate of drug-likeness (QED) is 0.579. The van der Waals surface area contributed by atoms with Gasteiger partial charge in [0.2, 0.25) is 0 Å². The predicted octanol–water partition coefficient (Wildman–Crippen LogP) is 1.49. The average Bonchev–Trinajstić information content (AvgIpc) is 2.34. The Morgan fingerprint density at radius 3 is 1.54 bits per heavy atom. The summed E-state index contributed by atoms with van der Waals surface area (Å²) < 4.78 is 0. The Morgan fingerprint density at radius 2 is 1.23 bits per heavy atom. The van der Waals surface area contributed by atoms with E-state index in [-0.39, 0.29) is 0 Å². The summed E-state index contributed by atoms with van der Waals surface area (Å²) in [5.74, 6) is 2.10. The van der Waals surface area contributed by atoms with Gasteiger partial charge in [0.1, 0.15) is 0 Å². The molecule has 0 aromatic carbocycles. The molecule has 1 nitrogen and oxygen atoms in total. The van der Waals surface area contributed by atoms with Crippen molar-refractivity contribution in [2.24, 2.45) is 11.8 Å². The molecule has 3 fully saturated rings. The third-order valence-electron chi connectivity index (χ3n) is 4.10. The van der Waals surface area contributed by atoms with Crippen molar-refractivity contribution >= 4 is 0 Å². The Bertz CT molecular complexity index is 158. The zero-order chi connectivity index (χ0) is 9.47. The minimum absolute atomic E-state index is 0.477. The molecule has 2 bridgehead atoms. The molecular weight excluding hydrogens is 158 g/mol. The van der Waals surface area contributed by atoms with Crippen LogP contribution in [0.15, 0.2) is 0 Å². The van der Waals surface area contributed by atoms with Crippen molar-refractivity contribution in [1.29, 1.82) is 0 Å². The van der Waals surface area contributed by atoms with Gasteiger partial charge in [0, 0.05) is 11.8 Å². The van der Waals surface area contributed by atoms with E-state index in [1.165, 1.54) is 38.8 Å². The minimum atomic E-state index is 0.477. The Hall–Kier alpha value is -0.0400. The van der Waals surface area contributed by atoms with Crippen molar-refractivity contribution in [3.8, 4) is 0 Å². The molecule has 0 spiro atoms. The summed E-state index contributed by atoms with van der Waals surface area (Å²) in [6.07, 6.45) is 6.07. The number of fused-ring (bicyclic) bond motifs is 4. The molecule has 0 amide bonds. The van der Waals surface area contributed by atoms with Gasteiger partial charge in [0.05, 0.1) is 18.6 Å². The monoisotopic (exact) mass is 182 g/mol. The Labute approximate surface area is 82.5 Å². The van der Waals surface area contributed by atoms with Crippen LogP contribution >= 0.6 is 0 Å². The summed E-state index contributed by atoms with van der Waals surface area (Å²) in [4.78, 5) is 1.86. The van der Waals surface area contributed by atoms with Crippen molar-refractivity contribution in [1.82, 2.24) is 0 Å². The van der Waals surface area contributed by atoms with Crippen LogP contribution in [0.5, 0.6) is 0 Å². The maximum absolute atomic E-state index is 2.40. The van der Waals surface area contributed by atoms with Gasteiger partial charge in [-0.3, -0.25) is 0 Å². The van der Waals surface area contributed by atoms with Crippen LogP contribution < -0.4 is 4.90 Å². The van der Waals surface area contributed by atoms with Crippen LogP contribution in [0.1, 0.15) is 46.5 Å². The molecule has 0 atom stereocenters. The smallest absolute Gasteiger partial charge is 0.0891 e. The highest BCUT2D eigenvalue weighted by atomic mass is 15.2. The molecule has 2 aliphatic heterocycles. The zero-order valence-corrected chi connectivity index (χ0v) is 9.40. The van der Waals surface area contributed by atoms with E-state index >= 15 is 0 Å². The van der Waals surface area contributed by atoms with Crippen molar-refractivity contribution < 1.29 is 4.90 Å². The Kier molecular flexibility index (Phi) is 2.39. The molecule has 1 saturated carbocycles. The van der Waals surface area contributed by atoms with E-state index < -0.39 is 0 Å². The van der Waals surface area contributed by atoms with Crippen LogP contribution in [0.4, 0.5) is 0 Å². The molecule has 3 rings (SSSR count). The Balaban J connectivity index is 2.07.